The van der Waals surface area contributed by atoms with Gasteiger partial charge < -0.3 is 4.90 Å². The standard InChI is InChI=1S/C15H20N2O/c1-12(2)11-17(14-4-5-14)15(18)6-3-13-7-9-16-10-8-13/h3,6-10,12,14H,4-5,11H2,1-2H3/b6-3-. The second-order valence-electron chi connectivity index (χ2n) is 5.23. The van der Waals surface area contributed by atoms with E-state index in [1.807, 2.05) is 23.1 Å². The number of hydrogen-bond acceptors (Lipinski definition) is 2. The van der Waals surface area contributed by atoms with E-state index < -0.39 is 0 Å². The van der Waals surface area contributed by atoms with Gasteiger partial charge in [0.05, 0.1) is 0 Å². The summed E-state index contributed by atoms with van der Waals surface area (Å²) in [5, 5.41) is 0. The Morgan fingerprint density at radius 2 is 2.11 bits per heavy atom. The van der Waals surface area contributed by atoms with Crippen molar-refractivity contribution in [3.05, 3.63) is 36.2 Å². The molecule has 0 aliphatic heterocycles. The third-order valence-electron chi connectivity index (χ3n) is 2.96. The van der Waals surface area contributed by atoms with Gasteiger partial charge in [-0.2, -0.15) is 0 Å². The van der Waals surface area contributed by atoms with Crippen molar-refractivity contribution in [3.63, 3.8) is 0 Å². The number of nitrogens with zero attached hydrogens (tertiary/aromatic N) is 2. The van der Waals surface area contributed by atoms with Crippen molar-refractivity contribution in [1.29, 1.82) is 0 Å². The summed E-state index contributed by atoms with van der Waals surface area (Å²) in [5.74, 6) is 0.645. The molecular formula is C15H20N2O. The maximum atomic E-state index is 12.2. The van der Waals surface area contributed by atoms with Crippen molar-refractivity contribution >= 4 is 12.0 Å². The summed E-state index contributed by atoms with van der Waals surface area (Å²) >= 11 is 0. The van der Waals surface area contributed by atoms with E-state index in [0.29, 0.717) is 12.0 Å². The van der Waals surface area contributed by atoms with Crippen LogP contribution in [0.15, 0.2) is 30.6 Å². The Labute approximate surface area is 109 Å². The van der Waals surface area contributed by atoms with E-state index >= 15 is 0 Å². The highest BCUT2D eigenvalue weighted by atomic mass is 16.2. The molecule has 0 radical (unpaired) electrons. The first-order valence-corrected chi connectivity index (χ1v) is 6.55. The normalized spacial score (nSPS) is 15.3. The third-order valence-corrected chi connectivity index (χ3v) is 2.96. The topological polar surface area (TPSA) is 33.2 Å². The molecule has 0 N–H and O–H groups in total. The van der Waals surface area contributed by atoms with Gasteiger partial charge in [0.2, 0.25) is 5.91 Å². The summed E-state index contributed by atoms with van der Waals surface area (Å²) in [7, 11) is 0. The van der Waals surface area contributed by atoms with Gasteiger partial charge in [0, 0.05) is 31.1 Å². The number of aromatic nitrogens is 1. The molecule has 1 aliphatic rings. The molecule has 0 unspecified atom stereocenters. The van der Waals surface area contributed by atoms with Crippen LogP contribution >= 0.6 is 0 Å². The predicted molar refractivity (Wildman–Crippen MR) is 72.8 cm³/mol. The van der Waals surface area contributed by atoms with Crippen LogP contribution in [0.25, 0.3) is 6.08 Å². The lowest BCUT2D eigenvalue weighted by Gasteiger charge is -2.22. The molecule has 3 heteroatoms. The minimum Gasteiger partial charge on any atom is -0.336 e. The van der Waals surface area contributed by atoms with E-state index in [1.54, 1.807) is 18.5 Å². The first-order chi connectivity index (χ1) is 8.66. The van der Waals surface area contributed by atoms with Crippen molar-refractivity contribution in [3.8, 4) is 0 Å². The fourth-order valence-corrected chi connectivity index (χ4v) is 1.94. The lowest BCUT2D eigenvalue weighted by molar-refractivity contribution is -0.127. The molecule has 1 saturated carbocycles. The van der Waals surface area contributed by atoms with Gasteiger partial charge in [-0.25, -0.2) is 0 Å². The number of carbonyl (C=O) groups excluding carboxylic acids is 1. The quantitative estimate of drug-likeness (QED) is 0.746. The number of pyridine rings is 1. The Bertz CT molecular complexity index is 421. The van der Waals surface area contributed by atoms with Crippen molar-refractivity contribution in [2.45, 2.75) is 32.7 Å². The molecule has 0 saturated heterocycles. The monoisotopic (exact) mass is 244 g/mol. The molecule has 1 aromatic rings. The van der Waals surface area contributed by atoms with Crippen LogP contribution in [0.5, 0.6) is 0 Å². The number of hydrogen-bond donors (Lipinski definition) is 0. The van der Waals surface area contributed by atoms with Crippen LogP contribution in [0.1, 0.15) is 32.3 Å². The van der Waals surface area contributed by atoms with E-state index in [9.17, 15) is 4.79 Å². The summed E-state index contributed by atoms with van der Waals surface area (Å²) in [5.41, 5.74) is 1.01. The van der Waals surface area contributed by atoms with E-state index in [1.165, 1.54) is 0 Å². The molecule has 0 bridgehead atoms. The first-order valence-electron chi connectivity index (χ1n) is 6.55. The van der Waals surface area contributed by atoms with E-state index in [0.717, 1.165) is 24.9 Å². The van der Waals surface area contributed by atoms with Crippen LogP contribution < -0.4 is 0 Å². The Morgan fingerprint density at radius 3 is 2.67 bits per heavy atom. The fourth-order valence-electron chi connectivity index (χ4n) is 1.94. The molecule has 1 aromatic heterocycles. The van der Waals surface area contributed by atoms with Crippen molar-refractivity contribution in [2.24, 2.45) is 5.92 Å². The molecule has 18 heavy (non-hydrogen) atoms. The summed E-state index contributed by atoms with van der Waals surface area (Å²) in [4.78, 5) is 18.1. The number of carbonyl (C=O) groups is 1. The van der Waals surface area contributed by atoms with Gasteiger partial charge in [-0.1, -0.05) is 13.8 Å². The minimum atomic E-state index is 0.128. The summed E-state index contributed by atoms with van der Waals surface area (Å²) in [6.07, 6.45) is 9.31. The minimum absolute atomic E-state index is 0.128. The zero-order chi connectivity index (χ0) is 13.0. The predicted octanol–water partition coefficient (Wildman–Crippen LogP) is 2.74. The first kappa shape index (κ1) is 12.8. The lowest BCUT2D eigenvalue weighted by atomic mass is 10.2. The van der Waals surface area contributed by atoms with Gasteiger partial charge in [-0.15, -0.1) is 0 Å². The number of amides is 1. The van der Waals surface area contributed by atoms with Crippen LogP contribution in [0, 0.1) is 5.92 Å². The molecule has 1 amide bonds. The Hall–Kier alpha value is -1.64. The van der Waals surface area contributed by atoms with Crippen LogP contribution in [-0.2, 0) is 4.79 Å². The van der Waals surface area contributed by atoms with Crippen LogP contribution in [0.4, 0.5) is 0 Å². The van der Waals surface area contributed by atoms with Gasteiger partial charge in [0.1, 0.15) is 0 Å². The molecule has 2 rings (SSSR count). The highest BCUT2D eigenvalue weighted by Gasteiger charge is 2.31. The van der Waals surface area contributed by atoms with Gasteiger partial charge in [-0.05, 0) is 42.5 Å². The smallest absolute Gasteiger partial charge is 0.246 e. The van der Waals surface area contributed by atoms with E-state index in [4.69, 9.17) is 0 Å². The highest BCUT2D eigenvalue weighted by molar-refractivity contribution is 5.92. The Morgan fingerprint density at radius 1 is 1.44 bits per heavy atom. The molecule has 1 aliphatic carbocycles. The average molecular weight is 244 g/mol. The van der Waals surface area contributed by atoms with Crippen LogP contribution in [-0.4, -0.2) is 28.4 Å². The third kappa shape index (κ3) is 3.69. The Balaban J connectivity index is 1.98. The van der Waals surface area contributed by atoms with Crippen LogP contribution in [0.2, 0.25) is 0 Å². The summed E-state index contributed by atoms with van der Waals surface area (Å²) in [6, 6.07) is 4.27. The van der Waals surface area contributed by atoms with Gasteiger partial charge in [-0.3, -0.25) is 9.78 Å². The molecular weight excluding hydrogens is 224 g/mol. The van der Waals surface area contributed by atoms with E-state index in [-0.39, 0.29) is 5.91 Å². The number of rotatable bonds is 5. The highest BCUT2D eigenvalue weighted by Crippen LogP contribution is 2.27. The Kier molecular flexibility index (Phi) is 4.13. The molecule has 0 aromatic carbocycles. The van der Waals surface area contributed by atoms with Crippen molar-refractivity contribution in [1.82, 2.24) is 9.88 Å². The van der Waals surface area contributed by atoms with E-state index in [2.05, 4.69) is 18.8 Å². The zero-order valence-electron chi connectivity index (χ0n) is 11.0. The van der Waals surface area contributed by atoms with Crippen LogP contribution in [0.3, 0.4) is 0 Å². The average Bonchev–Trinajstić information content (AvgIpc) is 3.18. The zero-order valence-corrected chi connectivity index (χ0v) is 11.0. The van der Waals surface area contributed by atoms with Crippen molar-refractivity contribution < 1.29 is 4.79 Å². The van der Waals surface area contributed by atoms with Gasteiger partial charge >= 0.3 is 0 Å². The maximum Gasteiger partial charge on any atom is 0.246 e. The molecule has 3 nitrogen and oxygen atoms in total. The molecule has 0 spiro atoms. The second-order valence-corrected chi connectivity index (χ2v) is 5.23. The second kappa shape index (κ2) is 5.80. The fraction of sp³-hybridized carbons (Fsp3) is 0.467. The van der Waals surface area contributed by atoms with Crippen molar-refractivity contribution in [2.75, 3.05) is 6.54 Å². The molecule has 0 atom stereocenters. The summed E-state index contributed by atoms with van der Waals surface area (Å²) in [6.45, 7) is 5.15. The SMILES string of the molecule is CC(C)CN(C(=O)/C=C\c1ccncc1)C1CC1. The largest absolute Gasteiger partial charge is 0.336 e. The molecule has 1 heterocycles. The van der Waals surface area contributed by atoms with Gasteiger partial charge in [0.15, 0.2) is 0 Å². The van der Waals surface area contributed by atoms with Gasteiger partial charge in [0.25, 0.3) is 0 Å². The lowest BCUT2D eigenvalue weighted by Crippen LogP contribution is -2.34. The summed E-state index contributed by atoms with van der Waals surface area (Å²) < 4.78 is 0. The maximum absolute atomic E-state index is 12.2. The molecule has 1 fully saturated rings. The molecule has 96 valence electrons.